The van der Waals surface area contributed by atoms with Crippen molar-refractivity contribution in [3.8, 4) is 57.7 Å². The summed E-state index contributed by atoms with van der Waals surface area (Å²) >= 11 is 0. The number of hydrogen-bond acceptors (Lipinski definition) is 5. The summed E-state index contributed by atoms with van der Waals surface area (Å²) in [6.07, 6.45) is 0. The van der Waals surface area contributed by atoms with Crippen molar-refractivity contribution >= 4 is 49.3 Å². The molecule has 10 aromatic rings. The predicted octanol–water partition coefficient (Wildman–Crippen LogP) is 11.4. The summed E-state index contributed by atoms with van der Waals surface area (Å²) in [6.45, 7) is 7.75. The standard InChI is InChI=1S/C48H26N8/c1-51-34-21-23-43-38(27-34)36-17-9-11-19-41(36)56(43)45-26-33(48-53-46(31-12-4-2-5-13-31)52-47(54-48)32-14-6-3-7-15-32)25-44(39(45)29-50)55-40-18-10-8-16-35(40)37-24-30(28-49)20-22-42(37)55/h2-27H. The van der Waals surface area contributed by atoms with E-state index in [9.17, 15) is 10.5 Å². The second-order valence-electron chi connectivity index (χ2n) is 13.4. The Morgan fingerprint density at radius 1 is 0.446 bits per heavy atom. The zero-order chi connectivity index (χ0) is 37.8. The Kier molecular flexibility index (Phi) is 7.46. The molecule has 0 aliphatic heterocycles. The quantitative estimate of drug-likeness (QED) is 0.165. The third-order valence-electron chi connectivity index (χ3n) is 10.2. The van der Waals surface area contributed by atoms with Crippen LogP contribution in [0.5, 0.6) is 0 Å². The molecule has 258 valence electrons. The van der Waals surface area contributed by atoms with Crippen molar-refractivity contribution in [2.24, 2.45) is 0 Å². The van der Waals surface area contributed by atoms with Crippen molar-refractivity contribution in [1.82, 2.24) is 24.1 Å². The molecule has 0 unspecified atom stereocenters. The van der Waals surface area contributed by atoms with Crippen LogP contribution >= 0.6 is 0 Å². The Bertz CT molecular complexity index is 3130. The lowest BCUT2D eigenvalue weighted by molar-refractivity contribution is 1.06. The lowest BCUT2D eigenvalue weighted by Crippen LogP contribution is -2.07. The van der Waals surface area contributed by atoms with Crippen LogP contribution in [0.15, 0.2) is 158 Å². The highest BCUT2D eigenvalue weighted by Crippen LogP contribution is 2.41. The van der Waals surface area contributed by atoms with Crippen LogP contribution in [0.3, 0.4) is 0 Å². The highest BCUT2D eigenvalue weighted by atomic mass is 15.1. The zero-order valence-corrected chi connectivity index (χ0v) is 29.6. The molecular weight excluding hydrogens is 689 g/mol. The van der Waals surface area contributed by atoms with Gasteiger partial charge in [0.1, 0.15) is 11.6 Å². The first-order valence-corrected chi connectivity index (χ1v) is 17.9. The fourth-order valence-electron chi connectivity index (χ4n) is 7.74. The number of hydrogen-bond donors (Lipinski definition) is 0. The monoisotopic (exact) mass is 714 g/mol. The number of nitriles is 2. The molecule has 0 saturated carbocycles. The van der Waals surface area contributed by atoms with Gasteiger partial charge in [0, 0.05) is 32.8 Å². The molecule has 0 aliphatic rings. The minimum Gasteiger partial charge on any atom is -0.308 e. The number of para-hydroxylation sites is 2. The van der Waals surface area contributed by atoms with E-state index in [1.807, 2.05) is 152 Å². The van der Waals surface area contributed by atoms with Gasteiger partial charge in [-0.3, -0.25) is 0 Å². The van der Waals surface area contributed by atoms with Crippen molar-refractivity contribution in [2.45, 2.75) is 0 Å². The Morgan fingerprint density at radius 2 is 0.911 bits per heavy atom. The van der Waals surface area contributed by atoms with Gasteiger partial charge >= 0.3 is 0 Å². The average molecular weight is 715 g/mol. The van der Waals surface area contributed by atoms with Crippen LogP contribution in [0.2, 0.25) is 0 Å². The molecule has 0 bridgehead atoms. The van der Waals surface area contributed by atoms with E-state index in [0.29, 0.717) is 51.2 Å². The molecule has 0 fully saturated rings. The summed E-state index contributed by atoms with van der Waals surface area (Å²) in [4.78, 5) is 18.9. The minimum atomic E-state index is 0.429. The second-order valence-corrected chi connectivity index (χ2v) is 13.4. The van der Waals surface area contributed by atoms with E-state index in [1.54, 1.807) is 6.07 Å². The lowest BCUT2D eigenvalue weighted by Gasteiger charge is -2.18. The predicted molar refractivity (Wildman–Crippen MR) is 221 cm³/mol. The smallest absolute Gasteiger partial charge is 0.188 e. The number of aromatic nitrogens is 5. The molecular formula is C48H26N8. The summed E-state index contributed by atoms with van der Waals surface area (Å²) in [5, 5.41) is 24.9. The van der Waals surface area contributed by atoms with Crippen molar-refractivity contribution in [3.63, 3.8) is 0 Å². The molecule has 0 aliphatic carbocycles. The Morgan fingerprint density at radius 3 is 1.43 bits per heavy atom. The minimum absolute atomic E-state index is 0.429. The first kappa shape index (κ1) is 32.3. The third kappa shape index (κ3) is 5.09. The molecule has 0 spiro atoms. The Hall–Kier alpha value is -8.38. The first-order chi connectivity index (χ1) is 27.6. The van der Waals surface area contributed by atoms with Crippen molar-refractivity contribution < 1.29 is 0 Å². The molecule has 8 heteroatoms. The van der Waals surface area contributed by atoms with Gasteiger partial charge in [0.2, 0.25) is 0 Å². The SMILES string of the molecule is [C-]#[N+]c1ccc2c(c1)c1ccccc1n2-c1cc(-c2nc(-c3ccccc3)nc(-c3ccccc3)n2)cc(-n2c3ccccc3c3cc(C#N)ccc32)c1C#N. The van der Waals surface area contributed by atoms with Gasteiger partial charge < -0.3 is 9.13 Å². The van der Waals surface area contributed by atoms with E-state index in [-0.39, 0.29) is 0 Å². The molecule has 7 aromatic carbocycles. The number of nitrogens with zero attached hydrogens (tertiary/aromatic N) is 8. The maximum Gasteiger partial charge on any atom is 0.188 e. The number of rotatable bonds is 5. The van der Waals surface area contributed by atoms with Crippen LogP contribution in [0.1, 0.15) is 11.1 Å². The van der Waals surface area contributed by atoms with Crippen LogP contribution in [0.25, 0.3) is 94.0 Å². The van der Waals surface area contributed by atoms with Crippen molar-refractivity contribution in [2.75, 3.05) is 0 Å². The third-order valence-corrected chi connectivity index (χ3v) is 10.2. The van der Waals surface area contributed by atoms with E-state index in [2.05, 4.69) is 26.1 Å². The van der Waals surface area contributed by atoms with E-state index in [0.717, 1.165) is 54.7 Å². The zero-order valence-electron chi connectivity index (χ0n) is 29.6. The number of benzene rings is 7. The van der Waals surface area contributed by atoms with Gasteiger partial charge in [-0.2, -0.15) is 10.5 Å². The van der Waals surface area contributed by atoms with Crippen LogP contribution in [0.4, 0.5) is 5.69 Å². The van der Waals surface area contributed by atoms with Crippen LogP contribution in [0, 0.1) is 29.2 Å². The maximum absolute atomic E-state index is 11.3. The maximum atomic E-state index is 11.3. The largest absolute Gasteiger partial charge is 0.308 e. The highest BCUT2D eigenvalue weighted by Gasteiger charge is 2.24. The van der Waals surface area contributed by atoms with E-state index < -0.39 is 0 Å². The van der Waals surface area contributed by atoms with Gasteiger partial charge in [-0.05, 0) is 60.0 Å². The van der Waals surface area contributed by atoms with Gasteiger partial charge in [-0.25, -0.2) is 19.8 Å². The summed E-state index contributed by atoms with van der Waals surface area (Å²) in [5.74, 6) is 1.48. The van der Waals surface area contributed by atoms with Gasteiger partial charge in [0.25, 0.3) is 0 Å². The van der Waals surface area contributed by atoms with Crippen LogP contribution in [-0.2, 0) is 0 Å². The first-order valence-electron chi connectivity index (χ1n) is 17.9. The van der Waals surface area contributed by atoms with Crippen molar-refractivity contribution in [1.29, 1.82) is 10.5 Å². The second kappa shape index (κ2) is 12.9. The van der Waals surface area contributed by atoms with Crippen LogP contribution in [-0.4, -0.2) is 24.1 Å². The summed E-state index contributed by atoms with van der Waals surface area (Å²) in [5.41, 5.74) is 8.59. The van der Waals surface area contributed by atoms with Gasteiger partial charge in [0.15, 0.2) is 23.2 Å². The molecule has 10 rings (SSSR count). The van der Waals surface area contributed by atoms with E-state index >= 15 is 0 Å². The Balaban J connectivity index is 1.36. The summed E-state index contributed by atoms with van der Waals surface area (Å²) < 4.78 is 4.20. The lowest BCUT2D eigenvalue weighted by atomic mass is 10.0. The summed E-state index contributed by atoms with van der Waals surface area (Å²) in [6, 6.07) is 55.9. The molecule has 0 amide bonds. The summed E-state index contributed by atoms with van der Waals surface area (Å²) in [7, 11) is 0. The average Bonchev–Trinajstić information content (AvgIpc) is 3.78. The molecule has 3 heterocycles. The fraction of sp³-hybridized carbons (Fsp3) is 0. The van der Waals surface area contributed by atoms with E-state index in [1.165, 1.54) is 0 Å². The molecule has 0 radical (unpaired) electrons. The molecule has 8 nitrogen and oxygen atoms in total. The fourth-order valence-corrected chi connectivity index (χ4v) is 7.74. The molecule has 0 atom stereocenters. The Labute approximate surface area is 320 Å². The van der Waals surface area contributed by atoms with Gasteiger partial charge in [-0.1, -0.05) is 103 Å². The van der Waals surface area contributed by atoms with E-state index in [4.69, 9.17) is 21.5 Å². The number of fused-ring (bicyclic) bond motifs is 6. The molecule has 0 N–H and O–H groups in total. The van der Waals surface area contributed by atoms with Crippen molar-refractivity contribution in [3.05, 3.63) is 180 Å². The normalized spacial score (nSPS) is 11.2. The van der Waals surface area contributed by atoms with Gasteiger partial charge in [-0.15, -0.1) is 0 Å². The molecule has 0 saturated heterocycles. The van der Waals surface area contributed by atoms with Crippen LogP contribution < -0.4 is 0 Å². The van der Waals surface area contributed by atoms with Gasteiger partial charge in [0.05, 0.1) is 51.6 Å². The topological polar surface area (TPSA) is 100 Å². The highest BCUT2D eigenvalue weighted by molar-refractivity contribution is 6.12. The molecule has 3 aromatic heterocycles. The molecule has 56 heavy (non-hydrogen) atoms.